The van der Waals surface area contributed by atoms with E-state index < -0.39 is 42.7 Å². The molecule has 0 rings (SSSR count). The Bertz CT molecular complexity index is 326. The Morgan fingerprint density at radius 3 is 1.62 bits per heavy atom. The molecule has 21 heavy (non-hydrogen) atoms. The predicted molar refractivity (Wildman–Crippen MR) is 64.9 cm³/mol. The molecular formula is C11H17ClF7NO. The van der Waals surface area contributed by atoms with Gasteiger partial charge in [0.05, 0.1) is 0 Å². The molecule has 0 radical (unpaired) electrons. The van der Waals surface area contributed by atoms with Crippen LogP contribution >= 0.6 is 12.4 Å². The monoisotopic (exact) mass is 347 g/mol. The first-order valence-electron chi connectivity index (χ1n) is 5.80. The van der Waals surface area contributed by atoms with Gasteiger partial charge in [0.25, 0.3) is 0 Å². The van der Waals surface area contributed by atoms with Crippen LogP contribution in [-0.2, 0) is 4.79 Å². The maximum atomic E-state index is 13.3. The van der Waals surface area contributed by atoms with E-state index >= 15 is 0 Å². The summed E-state index contributed by atoms with van der Waals surface area (Å²) in [5.41, 5.74) is -0.336. The van der Waals surface area contributed by atoms with Gasteiger partial charge in [-0.05, 0) is 5.92 Å². The third kappa shape index (κ3) is 6.37. The molecule has 0 bridgehead atoms. The van der Waals surface area contributed by atoms with Gasteiger partial charge in [-0.1, -0.05) is 13.8 Å². The van der Waals surface area contributed by atoms with Gasteiger partial charge in [-0.3, -0.25) is 4.79 Å². The molecule has 0 amide bonds. The Kier molecular flexibility index (Phi) is 8.24. The summed E-state index contributed by atoms with van der Waals surface area (Å²) in [6, 6.07) is -1.85. The largest absolute Gasteiger partial charge is 0.431 e. The van der Waals surface area contributed by atoms with E-state index in [0.717, 1.165) is 0 Å². The van der Waals surface area contributed by atoms with Crippen molar-refractivity contribution in [3.05, 3.63) is 0 Å². The molecular weight excluding hydrogens is 331 g/mol. The molecule has 0 aromatic heterocycles. The number of nitrogens with two attached hydrogens (primary N) is 1. The average molecular weight is 348 g/mol. The summed E-state index contributed by atoms with van der Waals surface area (Å²) in [6.45, 7) is 3.29. The topological polar surface area (TPSA) is 43.1 Å². The molecule has 0 heterocycles. The lowest BCUT2D eigenvalue weighted by Gasteiger charge is -2.31. The van der Waals surface area contributed by atoms with Gasteiger partial charge in [-0.2, -0.15) is 26.3 Å². The number of Topliss-reactive ketones (excluding diaryl/α,β-unsaturated/α-hetero) is 1. The van der Waals surface area contributed by atoms with Crippen LogP contribution in [0.1, 0.15) is 33.1 Å². The van der Waals surface area contributed by atoms with Crippen molar-refractivity contribution in [2.45, 2.75) is 57.2 Å². The van der Waals surface area contributed by atoms with Crippen molar-refractivity contribution < 1.29 is 35.5 Å². The van der Waals surface area contributed by atoms with E-state index in [1.54, 1.807) is 13.8 Å². The molecule has 0 fully saturated rings. The van der Waals surface area contributed by atoms with Crippen molar-refractivity contribution in [1.82, 2.24) is 0 Å². The summed E-state index contributed by atoms with van der Waals surface area (Å²) in [5.74, 6) is -0.714. The van der Waals surface area contributed by atoms with Gasteiger partial charge in [0.2, 0.25) is 0 Å². The van der Waals surface area contributed by atoms with Gasteiger partial charge in [-0.15, -0.1) is 12.4 Å². The normalized spacial score (nSPS) is 14.8. The van der Waals surface area contributed by atoms with Crippen molar-refractivity contribution in [2.75, 3.05) is 0 Å². The minimum Gasteiger partial charge on any atom is -0.327 e. The molecule has 0 aliphatic carbocycles. The highest BCUT2D eigenvalue weighted by Gasteiger charge is 2.72. The fourth-order valence-corrected chi connectivity index (χ4v) is 1.66. The van der Waals surface area contributed by atoms with E-state index in [9.17, 15) is 35.5 Å². The minimum absolute atomic E-state index is 0. The second-order valence-corrected chi connectivity index (χ2v) is 5.10. The third-order valence-electron chi connectivity index (χ3n) is 2.57. The van der Waals surface area contributed by atoms with Crippen LogP contribution in [0.15, 0.2) is 0 Å². The summed E-state index contributed by atoms with van der Waals surface area (Å²) in [5, 5.41) is 0. The molecule has 1 unspecified atom stereocenters. The van der Waals surface area contributed by atoms with Crippen molar-refractivity contribution in [1.29, 1.82) is 0 Å². The first kappa shape index (κ1) is 22.7. The van der Waals surface area contributed by atoms with Gasteiger partial charge in [-0.25, -0.2) is 4.39 Å². The molecule has 1 atom stereocenters. The van der Waals surface area contributed by atoms with Crippen LogP contribution in [0.3, 0.4) is 0 Å². The molecule has 0 saturated carbocycles. The smallest absolute Gasteiger partial charge is 0.327 e. The number of halogens is 8. The van der Waals surface area contributed by atoms with Gasteiger partial charge < -0.3 is 5.73 Å². The molecule has 0 aromatic rings. The predicted octanol–water partition coefficient (Wildman–Crippen LogP) is 3.96. The standard InChI is InChI=1S/C11H16F7NO.ClH/c1-6(2)3-8(20)4-7(19)5-9(12,10(13,14)15)11(16,17)18;/h6-7H,3-5,19H2,1-2H3;1H. The number of hydrogen-bond donors (Lipinski definition) is 1. The number of carbonyl (C=O) groups excluding carboxylic acids is 1. The lowest BCUT2D eigenvalue weighted by Crippen LogP contribution is -2.56. The first-order valence-corrected chi connectivity index (χ1v) is 5.80. The second kappa shape index (κ2) is 7.62. The Morgan fingerprint density at radius 1 is 0.952 bits per heavy atom. The highest BCUT2D eigenvalue weighted by atomic mass is 35.5. The van der Waals surface area contributed by atoms with E-state index in [4.69, 9.17) is 5.73 Å². The van der Waals surface area contributed by atoms with Crippen LogP contribution in [0, 0.1) is 5.92 Å². The van der Waals surface area contributed by atoms with Gasteiger partial charge in [0.15, 0.2) is 0 Å². The highest BCUT2D eigenvalue weighted by molar-refractivity contribution is 5.85. The fraction of sp³-hybridized carbons (Fsp3) is 0.909. The quantitative estimate of drug-likeness (QED) is 0.739. The summed E-state index contributed by atoms with van der Waals surface area (Å²) in [6.07, 6.45) is -15.1. The van der Waals surface area contributed by atoms with Crippen LogP contribution in [-0.4, -0.2) is 29.8 Å². The minimum atomic E-state index is -6.13. The van der Waals surface area contributed by atoms with Gasteiger partial charge >= 0.3 is 18.0 Å². The average Bonchev–Trinajstić information content (AvgIpc) is 2.11. The van der Waals surface area contributed by atoms with E-state index in [0.29, 0.717) is 0 Å². The lowest BCUT2D eigenvalue weighted by molar-refractivity contribution is -0.344. The van der Waals surface area contributed by atoms with E-state index in [1.807, 2.05) is 0 Å². The van der Waals surface area contributed by atoms with Gasteiger partial charge in [0, 0.05) is 25.3 Å². The van der Waals surface area contributed by atoms with Crippen LogP contribution in [0.4, 0.5) is 30.7 Å². The van der Waals surface area contributed by atoms with Crippen molar-refractivity contribution in [2.24, 2.45) is 11.7 Å². The number of alkyl halides is 7. The maximum Gasteiger partial charge on any atom is 0.431 e. The Hall–Kier alpha value is -0.570. The van der Waals surface area contributed by atoms with Crippen molar-refractivity contribution >= 4 is 18.2 Å². The molecule has 0 spiro atoms. The second-order valence-electron chi connectivity index (χ2n) is 5.10. The molecule has 0 saturated heterocycles. The Balaban J connectivity index is 0. The zero-order chi connectivity index (χ0) is 16.4. The van der Waals surface area contributed by atoms with E-state index in [-0.39, 0.29) is 24.7 Å². The molecule has 0 aromatic carbocycles. The van der Waals surface area contributed by atoms with Crippen LogP contribution in [0.25, 0.3) is 0 Å². The first-order chi connectivity index (χ1) is 8.70. The number of carbonyl (C=O) groups is 1. The number of ketones is 1. The van der Waals surface area contributed by atoms with E-state index in [1.165, 1.54) is 0 Å². The summed E-state index contributed by atoms with van der Waals surface area (Å²) >= 11 is 0. The maximum absolute atomic E-state index is 13.3. The molecule has 0 aliphatic rings. The molecule has 2 nitrogen and oxygen atoms in total. The zero-order valence-electron chi connectivity index (χ0n) is 11.3. The number of rotatable bonds is 6. The third-order valence-corrected chi connectivity index (χ3v) is 2.57. The molecule has 0 aliphatic heterocycles. The highest BCUT2D eigenvalue weighted by Crippen LogP contribution is 2.48. The molecule has 2 N–H and O–H groups in total. The Labute approximate surface area is 123 Å². The SMILES string of the molecule is CC(C)CC(=O)CC(N)CC(F)(C(F)(F)F)C(F)(F)F.Cl. The zero-order valence-corrected chi connectivity index (χ0v) is 12.1. The van der Waals surface area contributed by atoms with Crippen molar-refractivity contribution in [3.8, 4) is 0 Å². The summed E-state index contributed by atoms with van der Waals surface area (Å²) in [4.78, 5) is 11.3. The van der Waals surface area contributed by atoms with Crippen LogP contribution < -0.4 is 5.73 Å². The Morgan fingerprint density at radius 2 is 1.33 bits per heavy atom. The van der Waals surface area contributed by atoms with Crippen LogP contribution in [0.2, 0.25) is 0 Å². The van der Waals surface area contributed by atoms with Crippen molar-refractivity contribution in [3.63, 3.8) is 0 Å². The van der Waals surface area contributed by atoms with E-state index in [2.05, 4.69) is 0 Å². The summed E-state index contributed by atoms with van der Waals surface area (Å²) < 4.78 is 87.0. The number of hydrogen-bond acceptors (Lipinski definition) is 2. The van der Waals surface area contributed by atoms with Crippen LogP contribution in [0.5, 0.6) is 0 Å². The molecule has 10 heteroatoms. The summed E-state index contributed by atoms with van der Waals surface area (Å²) in [7, 11) is 0. The molecule has 128 valence electrons. The van der Waals surface area contributed by atoms with Gasteiger partial charge in [0.1, 0.15) is 5.78 Å². The lowest BCUT2D eigenvalue weighted by atomic mass is 9.91. The fourth-order valence-electron chi connectivity index (χ4n) is 1.66.